The highest BCUT2D eigenvalue weighted by Crippen LogP contribution is 2.44. The number of nitrogens with one attached hydrogen (secondary N) is 1. The predicted octanol–water partition coefficient (Wildman–Crippen LogP) is 1.09. The monoisotopic (exact) mass is 400 g/mol. The van der Waals surface area contributed by atoms with Gasteiger partial charge in [0.25, 0.3) is 5.91 Å². The third-order valence-corrected chi connectivity index (χ3v) is 6.44. The summed E-state index contributed by atoms with van der Waals surface area (Å²) in [5.74, 6) is 1.01. The number of urea groups is 1. The minimum absolute atomic E-state index is 0.170. The van der Waals surface area contributed by atoms with E-state index >= 15 is 0 Å². The zero-order chi connectivity index (χ0) is 20.9. The SMILES string of the molecule is COc1ccc([C@@H]2[C@@H]3CN(C(=O)CN4C(=O)NC(C)(C)C4=O)C[C@@H]3CN2C)cc1. The van der Waals surface area contributed by atoms with E-state index in [1.54, 1.807) is 21.0 Å². The molecular weight excluding hydrogens is 372 g/mol. The molecule has 0 saturated carbocycles. The molecule has 4 amide bonds. The van der Waals surface area contributed by atoms with Gasteiger partial charge in [0.2, 0.25) is 5.91 Å². The lowest BCUT2D eigenvalue weighted by molar-refractivity contribution is -0.138. The molecule has 29 heavy (non-hydrogen) atoms. The van der Waals surface area contributed by atoms with Gasteiger partial charge in [-0.05, 0) is 44.5 Å². The number of carbonyl (C=O) groups excluding carboxylic acids is 3. The van der Waals surface area contributed by atoms with Crippen molar-refractivity contribution >= 4 is 17.8 Å². The molecule has 156 valence electrons. The van der Waals surface area contributed by atoms with Crippen LogP contribution in [0.2, 0.25) is 0 Å². The number of hydrogen-bond acceptors (Lipinski definition) is 5. The molecule has 3 aliphatic heterocycles. The highest BCUT2D eigenvalue weighted by atomic mass is 16.5. The number of likely N-dealkylation sites (tertiary alicyclic amines) is 2. The topological polar surface area (TPSA) is 82.2 Å². The van der Waals surface area contributed by atoms with E-state index in [-0.39, 0.29) is 24.4 Å². The maximum absolute atomic E-state index is 12.9. The Morgan fingerprint density at radius 1 is 1.17 bits per heavy atom. The van der Waals surface area contributed by atoms with Crippen LogP contribution in [0.3, 0.4) is 0 Å². The van der Waals surface area contributed by atoms with Crippen LogP contribution >= 0.6 is 0 Å². The number of benzene rings is 1. The Labute approximate surface area is 170 Å². The lowest BCUT2D eigenvalue weighted by Crippen LogP contribution is -2.44. The number of rotatable bonds is 4. The smallest absolute Gasteiger partial charge is 0.325 e. The summed E-state index contributed by atoms with van der Waals surface area (Å²) in [4.78, 5) is 42.5. The molecular formula is C21H28N4O4. The van der Waals surface area contributed by atoms with Crippen LogP contribution < -0.4 is 10.1 Å². The first-order valence-electron chi connectivity index (χ1n) is 9.97. The highest BCUT2D eigenvalue weighted by Gasteiger charge is 2.49. The molecule has 3 fully saturated rings. The summed E-state index contributed by atoms with van der Waals surface area (Å²) in [6.45, 7) is 5.31. The number of fused-ring (bicyclic) bond motifs is 1. The Kier molecular flexibility index (Phi) is 4.77. The van der Waals surface area contributed by atoms with Gasteiger partial charge in [-0.2, -0.15) is 0 Å². The largest absolute Gasteiger partial charge is 0.497 e. The minimum Gasteiger partial charge on any atom is -0.497 e. The average Bonchev–Trinajstić information content (AvgIpc) is 3.26. The fourth-order valence-corrected chi connectivity index (χ4v) is 4.96. The van der Waals surface area contributed by atoms with Crippen molar-refractivity contribution in [2.75, 3.05) is 40.3 Å². The number of nitrogens with zero attached hydrogens (tertiary/aromatic N) is 3. The number of hydrogen-bond donors (Lipinski definition) is 1. The first kappa shape index (κ1) is 19.7. The van der Waals surface area contributed by atoms with E-state index in [1.165, 1.54) is 5.56 Å². The van der Waals surface area contributed by atoms with Gasteiger partial charge in [-0.3, -0.25) is 19.4 Å². The summed E-state index contributed by atoms with van der Waals surface area (Å²) in [6, 6.07) is 7.84. The second-order valence-electron chi connectivity index (χ2n) is 8.83. The lowest BCUT2D eigenvalue weighted by atomic mass is 9.89. The maximum Gasteiger partial charge on any atom is 0.325 e. The Bertz CT molecular complexity index is 838. The third kappa shape index (κ3) is 3.35. The van der Waals surface area contributed by atoms with Gasteiger partial charge in [0.15, 0.2) is 0 Å². The summed E-state index contributed by atoms with van der Waals surface area (Å²) in [6.07, 6.45) is 0. The second-order valence-corrected chi connectivity index (χ2v) is 8.83. The van der Waals surface area contributed by atoms with E-state index in [4.69, 9.17) is 4.74 Å². The van der Waals surface area contributed by atoms with Gasteiger partial charge in [-0.15, -0.1) is 0 Å². The van der Waals surface area contributed by atoms with Gasteiger partial charge in [0, 0.05) is 31.6 Å². The van der Waals surface area contributed by atoms with Crippen LogP contribution in [-0.4, -0.2) is 78.4 Å². The van der Waals surface area contributed by atoms with Crippen LogP contribution in [0.4, 0.5) is 4.79 Å². The van der Waals surface area contributed by atoms with Crippen LogP contribution in [0.5, 0.6) is 5.75 Å². The molecule has 0 aliphatic carbocycles. The molecule has 0 radical (unpaired) electrons. The maximum atomic E-state index is 12.9. The Morgan fingerprint density at radius 3 is 2.45 bits per heavy atom. The number of imide groups is 1. The van der Waals surface area contributed by atoms with E-state index < -0.39 is 11.6 Å². The second kappa shape index (κ2) is 7.02. The number of amides is 4. The van der Waals surface area contributed by atoms with Crippen molar-refractivity contribution in [1.82, 2.24) is 20.0 Å². The fraction of sp³-hybridized carbons (Fsp3) is 0.571. The molecule has 4 rings (SSSR count). The van der Waals surface area contributed by atoms with Gasteiger partial charge >= 0.3 is 6.03 Å². The van der Waals surface area contributed by atoms with Crippen molar-refractivity contribution < 1.29 is 19.1 Å². The summed E-state index contributed by atoms with van der Waals surface area (Å²) in [7, 11) is 3.77. The van der Waals surface area contributed by atoms with E-state index in [0.717, 1.165) is 17.2 Å². The van der Waals surface area contributed by atoms with Crippen LogP contribution in [-0.2, 0) is 9.59 Å². The fourth-order valence-electron chi connectivity index (χ4n) is 4.96. The molecule has 3 saturated heterocycles. The third-order valence-electron chi connectivity index (χ3n) is 6.44. The molecule has 0 aromatic heterocycles. The van der Waals surface area contributed by atoms with Crippen molar-refractivity contribution in [1.29, 1.82) is 0 Å². The van der Waals surface area contributed by atoms with Gasteiger partial charge in [-0.1, -0.05) is 12.1 Å². The highest BCUT2D eigenvalue weighted by molar-refractivity contribution is 6.08. The van der Waals surface area contributed by atoms with Gasteiger partial charge in [0.05, 0.1) is 7.11 Å². The molecule has 1 N–H and O–H groups in total. The standard InChI is InChI=1S/C21H28N4O4/c1-21(2)19(27)25(20(28)22-21)12-17(26)24-10-14-9-23(3)18(16(14)11-24)13-5-7-15(29-4)8-6-13/h5-8,14,16,18H,9-12H2,1-4H3,(H,22,28)/t14-,16+,18+/m0/s1. The van der Waals surface area contributed by atoms with E-state index in [0.29, 0.717) is 24.9 Å². The van der Waals surface area contributed by atoms with E-state index in [1.807, 2.05) is 17.0 Å². The Balaban J connectivity index is 1.44. The summed E-state index contributed by atoms with van der Waals surface area (Å²) in [5, 5.41) is 2.62. The summed E-state index contributed by atoms with van der Waals surface area (Å²) in [5.41, 5.74) is 0.257. The number of ether oxygens (including phenoxy) is 1. The quantitative estimate of drug-likeness (QED) is 0.765. The zero-order valence-electron chi connectivity index (χ0n) is 17.3. The minimum atomic E-state index is -0.957. The van der Waals surface area contributed by atoms with Crippen LogP contribution in [0, 0.1) is 11.8 Å². The van der Waals surface area contributed by atoms with E-state index in [9.17, 15) is 14.4 Å². The van der Waals surface area contributed by atoms with E-state index in [2.05, 4.69) is 29.4 Å². The molecule has 0 bridgehead atoms. The predicted molar refractivity (Wildman–Crippen MR) is 106 cm³/mol. The van der Waals surface area contributed by atoms with Crippen molar-refractivity contribution in [3.8, 4) is 5.75 Å². The molecule has 3 atom stereocenters. The Morgan fingerprint density at radius 2 is 1.86 bits per heavy atom. The van der Waals surface area contributed by atoms with Gasteiger partial charge < -0.3 is 15.0 Å². The van der Waals surface area contributed by atoms with Gasteiger partial charge in [0.1, 0.15) is 17.8 Å². The number of methoxy groups -OCH3 is 1. The molecule has 8 nitrogen and oxygen atoms in total. The van der Waals surface area contributed by atoms with Crippen molar-refractivity contribution in [2.24, 2.45) is 11.8 Å². The molecule has 0 spiro atoms. The number of carbonyl (C=O) groups is 3. The molecule has 0 unspecified atom stereocenters. The molecule has 3 aliphatic rings. The van der Waals surface area contributed by atoms with Crippen molar-refractivity contribution in [3.05, 3.63) is 29.8 Å². The first-order valence-corrected chi connectivity index (χ1v) is 9.97. The van der Waals surface area contributed by atoms with Gasteiger partial charge in [-0.25, -0.2) is 4.79 Å². The Hall–Kier alpha value is -2.61. The van der Waals surface area contributed by atoms with Crippen LogP contribution in [0.25, 0.3) is 0 Å². The molecule has 3 heterocycles. The van der Waals surface area contributed by atoms with Crippen LogP contribution in [0.1, 0.15) is 25.5 Å². The van der Waals surface area contributed by atoms with Crippen molar-refractivity contribution in [2.45, 2.75) is 25.4 Å². The summed E-state index contributed by atoms with van der Waals surface area (Å²) < 4.78 is 5.26. The normalized spacial score (nSPS) is 28.6. The average molecular weight is 400 g/mol. The molecule has 1 aromatic rings. The lowest BCUT2D eigenvalue weighted by Gasteiger charge is -2.27. The van der Waals surface area contributed by atoms with Crippen molar-refractivity contribution in [3.63, 3.8) is 0 Å². The molecule has 1 aromatic carbocycles. The molecule has 8 heteroatoms. The summed E-state index contributed by atoms with van der Waals surface area (Å²) >= 11 is 0. The zero-order valence-corrected chi connectivity index (χ0v) is 17.3. The first-order chi connectivity index (χ1) is 13.7. The van der Waals surface area contributed by atoms with Crippen LogP contribution in [0.15, 0.2) is 24.3 Å².